The van der Waals surface area contributed by atoms with Crippen LogP contribution in [-0.4, -0.2) is 64.1 Å². The Morgan fingerprint density at radius 1 is 1.15 bits per heavy atom. The molecule has 2 fully saturated rings. The zero-order valence-electron chi connectivity index (χ0n) is 15.0. The van der Waals surface area contributed by atoms with E-state index in [1.54, 1.807) is 7.11 Å². The summed E-state index contributed by atoms with van der Waals surface area (Å²) < 4.78 is 48.7. The first-order valence-electron chi connectivity index (χ1n) is 8.96. The van der Waals surface area contributed by atoms with Gasteiger partial charge in [0.05, 0.1) is 19.3 Å². The fraction of sp³-hybridized carbons (Fsp3) is 0.667. The van der Waals surface area contributed by atoms with Gasteiger partial charge in [0.15, 0.2) is 0 Å². The minimum Gasteiger partial charge on any atom is -0.495 e. The molecule has 0 atom stereocenters. The summed E-state index contributed by atoms with van der Waals surface area (Å²) in [5.74, 6) is 0.952. The first kappa shape index (κ1) is 19.1. The van der Waals surface area contributed by atoms with Crippen molar-refractivity contribution in [2.24, 2.45) is 0 Å². The topological polar surface area (TPSA) is 51.0 Å². The van der Waals surface area contributed by atoms with Crippen molar-refractivity contribution in [3.63, 3.8) is 0 Å². The number of alkyl halides is 3. The number of methoxy groups -OCH3 is 1. The van der Waals surface area contributed by atoms with E-state index in [1.807, 2.05) is 12.1 Å². The van der Waals surface area contributed by atoms with Gasteiger partial charge in [-0.15, -0.1) is 0 Å². The third kappa shape index (κ3) is 4.54. The molecular weight excluding hydrogens is 347 g/mol. The van der Waals surface area contributed by atoms with E-state index in [0.29, 0.717) is 43.5 Å². The Morgan fingerprint density at radius 2 is 1.81 bits per heavy atom. The summed E-state index contributed by atoms with van der Waals surface area (Å²) in [4.78, 5) is 3.61. The highest BCUT2D eigenvalue weighted by Crippen LogP contribution is 2.40. The number of hydrogen-bond donors (Lipinski definition) is 1. The SMILES string of the molecule is COc1cc(N2CCN(CC(F)(F)F)CC2)c(C2CCOCC2)cc1N. The maximum atomic E-state index is 12.6. The molecule has 2 aliphatic rings. The molecule has 5 nitrogen and oxygen atoms in total. The van der Waals surface area contributed by atoms with Gasteiger partial charge in [0.2, 0.25) is 0 Å². The van der Waals surface area contributed by atoms with Crippen LogP contribution >= 0.6 is 0 Å². The van der Waals surface area contributed by atoms with Gasteiger partial charge in [-0.25, -0.2) is 0 Å². The summed E-state index contributed by atoms with van der Waals surface area (Å²) >= 11 is 0. The zero-order valence-corrected chi connectivity index (χ0v) is 15.0. The molecule has 0 radical (unpaired) electrons. The first-order valence-corrected chi connectivity index (χ1v) is 8.96. The Morgan fingerprint density at radius 3 is 2.38 bits per heavy atom. The molecule has 3 rings (SSSR count). The number of halogens is 3. The molecule has 26 heavy (non-hydrogen) atoms. The van der Waals surface area contributed by atoms with E-state index in [9.17, 15) is 13.2 Å². The van der Waals surface area contributed by atoms with Crippen LogP contribution in [-0.2, 0) is 4.74 Å². The fourth-order valence-electron chi connectivity index (χ4n) is 3.79. The lowest BCUT2D eigenvalue weighted by Gasteiger charge is -2.38. The number of piperazine rings is 1. The van der Waals surface area contributed by atoms with E-state index in [2.05, 4.69) is 4.90 Å². The highest BCUT2D eigenvalue weighted by atomic mass is 19.4. The summed E-state index contributed by atoms with van der Waals surface area (Å²) in [6.07, 6.45) is -2.31. The van der Waals surface area contributed by atoms with Gasteiger partial charge >= 0.3 is 6.18 Å². The summed E-state index contributed by atoms with van der Waals surface area (Å²) in [7, 11) is 1.57. The predicted octanol–water partition coefficient (Wildman–Crippen LogP) is 2.86. The number of rotatable bonds is 4. The van der Waals surface area contributed by atoms with Gasteiger partial charge < -0.3 is 20.1 Å². The average molecular weight is 373 g/mol. The Labute approximate surface area is 151 Å². The smallest absolute Gasteiger partial charge is 0.401 e. The molecule has 0 aliphatic carbocycles. The second-order valence-corrected chi connectivity index (χ2v) is 6.92. The second kappa shape index (κ2) is 7.92. The predicted molar refractivity (Wildman–Crippen MR) is 94.9 cm³/mol. The van der Waals surface area contributed by atoms with Crippen molar-refractivity contribution in [2.75, 3.05) is 63.7 Å². The molecule has 0 spiro atoms. The van der Waals surface area contributed by atoms with Gasteiger partial charge in [0.25, 0.3) is 0 Å². The van der Waals surface area contributed by atoms with Crippen molar-refractivity contribution >= 4 is 11.4 Å². The van der Waals surface area contributed by atoms with Crippen LogP contribution in [0.5, 0.6) is 5.75 Å². The fourth-order valence-corrected chi connectivity index (χ4v) is 3.79. The molecule has 0 amide bonds. The lowest BCUT2D eigenvalue weighted by molar-refractivity contribution is -0.146. The molecule has 2 aliphatic heterocycles. The van der Waals surface area contributed by atoms with Crippen molar-refractivity contribution in [2.45, 2.75) is 24.9 Å². The quantitative estimate of drug-likeness (QED) is 0.823. The van der Waals surface area contributed by atoms with Crippen molar-refractivity contribution in [3.05, 3.63) is 17.7 Å². The van der Waals surface area contributed by atoms with Gasteiger partial charge in [0.1, 0.15) is 5.75 Å². The third-order valence-electron chi connectivity index (χ3n) is 5.16. The molecule has 1 aromatic rings. The maximum absolute atomic E-state index is 12.6. The lowest BCUT2D eigenvalue weighted by Crippen LogP contribution is -2.49. The van der Waals surface area contributed by atoms with Crippen molar-refractivity contribution < 1.29 is 22.6 Å². The molecule has 146 valence electrons. The van der Waals surface area contributed by atoms with Crippen LogP contribution in [0.1, 0.15) is 24.3 Å². The monoisotopic (exact) mass is 373 g/mol. The highest BCUT2D eigenvalue weighted by Gasteiger charge is 2.33. The first-order chi connectivity index (χ1) is 12.4. The normalized spacial score (nSPS) is 20.4. The standard InChI is InChI=1S/C18H26F3N3O2/c1-25-17-11-16(14(10-15(17)22)13-2-8-26-9-3-13)24-6-4-23(5-7-24)12-18(19,20)21/h10-11,13H,2-9,12,22H2,1H3. The second-order valence-electron chi connectivity index (χ2n) is 6.92. The summed E-state index contributed by atoms with van der Waals surface area (Å²) in [5.41, 5.74) is 8.88. The van der Waals surface area contributed by atoms with E-state index >= 15 is 0 Å². The van der Waals surface area contributed by atoms with Gasteiger partial charge in [-0.1, -0.05) is 0 Å². The number of ether oxygens (including phenoxy) is 2. The zero-order chi connectivity index (χ0) is 18.7. The molecule has 2 heterocycles. The number of nitrogens with two attached hydrogens (primary N) is 1. The van der Waals surface area contributed by atoms with E-state index in [1.165, 1.54) is 4.90 Å². The van der Waals surface area contributed by atoms with E-state index in [-0.39, 0.29) is 0 Å². The number of hydrogen-bond acceptors (Lipinski definition) is 5. The minimum absolute atomic E-state index is 0.347. The van der Waals surface area contributed by atoms with Crippen LogP contribution in [0.2, 0.25) is 0 Å². The minimum atomic E-state index is -4.15. The number of nitrogen functional groups attached to an aromatic ring is 1. The molecule has 0 bridgehead atoms. The molecule has 0 aromatic heterocycles. The molecule has 1 aromatic carbocycles. The van der Waals surface area contributed by atoms with E-state index < -0.39 is 12.7 Å². The Kier molecular flexibility index (Phi) is 5.82. The van der Waals surface area contributed by atoms with Crippen molar-refractivity contribution in [1.29, 1.82) is 0 Å². The average Bonchev–Trinajstić information content (AvgIpc) is 2.62. The summed E-state index contributed by atoms with van der Waals surface area (Å²) in [6.45, 7) is 2.47. The molecule has 2 saturated heterocycles. The molecule has 2 N–H and O–H groups in total. The molecular formula is C18H26F3N3O2. The number of anilines is 2. The van der Waals surface area contributed by atoms with Gasteiger partial charge in [-0.05, 0) is 30.4 Å². The summed E-state index contributed by atoms with van der Waals surface area (Å²) in [6, 6.07) is 3.89. The Hall–Kier alpha value is -1.67. The van der Waals surface area contributed by atoms with Gasteiger partial charge in [-0.3, -0.25) is 4.90 Å². The van der Waals surface area contributed by atoms with Crippen LogP contribution in [0.4, 0.5) is 24.5 Å². The van der Waals surface area contributed by atoms with Crippen LogP contribution in [0.25, 0.3) is 0 Å². The highest BCUT2D eigenvalue weighted by molar-refractivity contribution is 5.68. The van der Waals surface area contributed by atoms with Crippen molar-refractivity contribution in [3.8, 4) is 5.75 Å². The van der Waals surface area contributed by atoms with Crippen LogP contribution in [0, 0.1) is 0 Å². The number of benzene rings is 1. The van der Waals surface area contributed by atoms with Crippen LogP contribution in [0.15, 0.2) is 12.1 Å². The molecule has 8 heteroatoms. The largest absolute Gasteiger partial charge is 0.495 e. The van der Waals surface area contributed by atoms with E-state index in [0.717, 1.165) is 37.3 Å². The van der Waals surface area contributed by atoms with Gasteiger partial charge in [-0.2, -0.15) is 13.2 Å². The lowest BCUT2D eigenvalue weighted by atomic mass is 9.89. The Bertz CT molecular complexity index is 610. The number of nitrogens with zero attached hydrogens (tertiary/aromatic N) is 2. The van der Waals surface area contributed by atoms with Crippen LogP contribution in [0.3, 0.4) is 0 Å². The van der Waals surface area contributed by atoms with Crippen LogP contribution < -0.4 is 15.4 Å². The van der Waals surface area contributed by atoms with Crippen molar-refractivity contribution in [1.82, 2.24) is 4.90 Å². The molecule has 0 saturated carbocycles. The third-order valence-corrected chi connectivity index (χ3v) is 5.16. The maximum Gasteiger partial charge on any atom is 0.401 e. The Balaban J connectivity index is 1.79. The van der Waals surface area contributed by atoms with Gasteiger partial charge in [0, 0.05) is 51.1 Å². The van der Waals surface area contributed by atoms with E-state index in [4.69, 9.17) is 15.2 Å². The molecule has 0 unspecified atom stereocenters. The summed E-state index contributed by atoms with van der Waals surface area (Å²) in [5, 5.41) is 0.